The number of nitrogens with one attached hydrogen (secondary N) is 1. The molecule has 106 valence electrons. The van der Waals surface area contributed by atoms with Gasteiger partial charge in [-0.15, -0.1) is 0 Å². The first-order chi connectivity index (χ1) is 9.25. The van der Waals surface area contributed by atoms with Crippen molar-refractivity contribution in [2.45, 2.75) is 26.3 Å². The highest BCUT2D eigenvalue weighted by molar-refractivity contribution is 5.29. The summed E-state index contributed by atoms with van der Waals surface area (Å²) in [5.41, 5.74) is 0. The van der Waals surface area contributed by atoms with Gasteiger partial charge in [-0.1, -0.05) is 13.8 Å². The van der Waals surface area contributed by atoms with E-state index in [4.69, 9.17) is 0 Å². The molecular weight excluding hydrogens is 238 g/mol. The molecule has 0 radical (unpaired) electrons. The monoisotopic (exact) mass is 263 g/mol. The van der Waals surface area contributed by atoms with Crippen molar-refractivity contribution in [1.82, 2.24) is 20.2 Å². The Morgan fingerprint density at radius 1 is 1.16 bits per heavy atom. The molecule has 1 N–H and O–H groups in total. The van der Waals surface area contributed by atoms with E-state index >= 15 is 0 Å². The van der Waals surface area contributed by atoms with Crippen LogP contribution in [0.5, 0.6) is 0 Å². The minimum Gasteiger partial charge on any atom is -0.338 e. The molecule has 2 rings (SSSR count). The zero-order valence-corrected chi connectivity index (χ0v) is 12.0. The van der Waals surface area contributed by atoms with Gasteiger partial charge >= 0.3 is 0 Å². The zero-order chi connectivity index (χ0) is 13.5. The summed E-state index contributed by atoms with van der Waals surface area (Å²) in [6.45, 7) is 11.0. The largest absolute Gasteiger partial charge is 0.338 e. The lowest BCUT2D eigenvalue weighted by Gasteiger charge is -2.34. The standard InChI is InChI=1S/C14H25N5/c1-13(2)15-7-4-8-18-9-11-19(12-10-18)14-16-5-3-6-17-14/h3,5-6,13,15H,4,7-12H2,1-2H3. The molecule has 0 unspecified atom stereocenters. The Bertz CT molecular complexity index is 346. The second-order valence-electron chi connectivity index (χ2n) is 5.34. The van der Waals surface area contributed by atoms with E-state index in [1.807, 2.05) is 18.5 Å². The van der Waals surface area contributed by atoms with Crippen LogP contribution in [0.2, 0.25) is 0 Å². The van der Waals surface area contributed by atoms with Crippen LogP contribution in [-0.2, 0) is 0 Å². The number of rotatable bonds is 6. The minimum absolute atomic E-state index is 0.590. The van der Waals surface area contributed by atoms with Crippen LogP contribution in [0.25, 0.3) is 0 Å². The summed E-state index contributed by atoms with van der Waals surface area (Å²) in [5, 5.41) is 3.46. The second-order valence-corrected chi connectivity index (χ2v) is 5.34. The molecule has 0 bridgehead atoms. The number of nitrogens with zero attached hydrogens (tertiary/aromatic N) is 4. The van der Waals surface area contributed by atoms with Crippen LogP contribution in [0, 0.1) is 0 Å². The lowest BCUT2D eigenvalue weighted by atomic mass is 10.3. The molecule has 1 aliphatic rings. The zero-order valence-electron chi connectivity index (χ0n) is 12.0. The van der Waals surface area contributed by atoms with Crippen molar-refractivity contribution in [2.24, 2.45) is 0 Å². The first-order valence-electron chi connectivity index (χ1n) is 7.23. The molecule has 5 heteroatoms. The first kappa shape index (κ1) is 14.2. The third kappa shape index (κ3) is 4.76. The summed E-state index contributed by atoms with van der Waals surface area (Å²) in [7, 11) is 0. The fraction of sp³-hybridized carbons (Fsp3) is 0.714. The quantitative estimate of drug-likeness (QED) is 0.775. The average Bonchev–Trinajstić information content (AvgIpc) is 2.45. The first-order valence-corrected chi connectivity index (χ1v) is 7.23. The number of anilines is 1. The van der Waals surface area contributed by atoms with Crippen molar-refractivity contribution >= 4 is 5.95 Å². The molecule has 1 aromatic rings. The fourth-order valence-corrected chi connectivity index (χ4v) is 2.32. The van der Waals surface area contributed by atoms with Crippen molar-refractivity contribution in [3.8, 4) is 0 Å². The molecule has 0 amide bonds. The maximum atomic E-state index is 4.31. The third-order valence-corrected chi connectivity index (χ3v) is 3.41. The van der Waals surface area contributed by atoms with E-state index in [0.717, 1.165) is 38.7 Å². The van der Waals surface area contributed by atoms with Crippen LogP contribution in [0.15, 0.2) is 18.5 Å². The maximum absolute atomic E-state index is 4.31. The van der Waals surface area contributed by atoms with Crippen LogP contribution in [0.1, 0.15) is 20.3 Å². The van der Waals surface area contributed by atoms with E-state index in [1.165, 1.54) is 13.0 Å². The molecule has 1 aromatic heterocycles. The molecule has 0 spiro atoms. The van der Waals surface area contributed by atoms with Crippen LogP contribution < -0.4 is 10.2 Å². The summed E-state index contributed by atoms with van der Waals surface area (Å²) in [6.07, 6.45) is 4.85. The van der Waals surface area contributed by atoms with Gasteiger partial charge in [0.2, 0.25) is 5.95 Å². The van der Waals surface area contributed by atoms with Gasteiger partial charge in [0.05, 0.1) is 0 Å². The van der Waals surface area contributed by atoms with Gasteiger partial charge in [-0.3, -0.25) is 4.90 Å². The summed E-state index contributed by atoms with van der Waals surface area (Å²) >= 11 is 0. The van der Waals surface area contributed by atoms with Gasteiger partial charge in [-0.2, -0.15) is 0 Å². The number of piperazine rings is 1. The summed E-state index contributed by atoms with van der Waals surface area (Å²) in [6, 6.07) is 2.45. The summed E-state index contributed by atoms with van der Waals surface area (Å²) in [4.78, 5) is 13.4. The highest BCUT2D eigenvalue weighted by Gasteiger charge is 2.17. The van der Waals surface area contributed by atoms with Crippen molar-refractivity contribution in [2.75, 3.05) is 44.2 Å². The SMILES string of the molecule is CC(C)NCCCN1CCN(c2ncccn2)CC1. The van der Waals surface area contributed by atoms with Crippen LogP contribution in [-0.4, -0.2) is 60.2 Å². The molecule has 0 saturated carbocycles. The summed E-state index contributed by atoms with van der Waals surface area (Å²) in [5.74, 6) is 0.864. The van der Waals surface area contributed by atoms with Crippen molar-refractivity contribution in [3.05, 3.63) is 18.5 Å². The molecule has 0 aromatic carbocycles. The Morgan fingerprint density at radius 3 is 2.47 bits per heavy atom. The van der Waals surface area contributed by atoms with Gasteiger partial charge in [0.25, 0.3) is 0 Å². The van der Waals surface area contributed by atoms with E-state index in [0.29, 0.717) is 6.04 Å². The number of aromatic nitrogens is 2. The van der Waals surface area contributed by atoms with E-state index in [1.54, 1.807) is 0 Å². The van der Waals surface area contributed by atoms with Gasteiger partial charge in [0.15, 0.2) is 0 Å². The Labute approximate surface area is 116 Å². The predicted octanol–water partition coefficient (Wildman–Crippen LogP) is 0.987. The van der Waals surface area contributed by atoms with Gasteiger partial charge in [-0.25, -0.2) is 9.97 Å². The molecule has 2 heterocycles. The molecule has 1 saturated heterocycles. The Hall–Kier alpha value is -1.20. The number of hydrogen-bond acceptors (Lipinski definition) is 5. The molecule has 1 aliphatic heterocycles. The number of hydrogen-bond donors (Lipinski definition) is 1. The maximum Gasteiger partial charge on any atom is 0.225 e. The van der Waals surface area contributed by atoms with Crippen LogP contribution >= 0.6 is 0 Å². The van der Waals surface area contributed by atoms with Crippen LogP contribution in [0.4, 0.5) is 5.95 Å². The second kappa shape index (κ2) is 7.40. The van der Waals surface area contributed by atoms with Crippen molar-refractivity contribution in [1.29, 1.82) is 0 Å². The minimum atomic E-state index is 0.590. The fourth-order valence-electron chi connectivity index (χ4n) is 2.32. The molecule has 1 fully saturated rings. The molecule has 5 nitrogen and oxygen atoms in total. The van der Waals surface area contributed by atoms with Gasteiger partial charge in [-0.05, 0) is 25.6 Å². The molecular formula is C14H25N5. The van der Waals surface area contributed by atoms with E-state index in [2.05, 4.69) is 38.9 Å². The van der Waals surface area contributed by atoms with E-state index in [-0.39, 0.29) is 0 Å². The normalized spacial score (nSPS) is 17.1. The van der Waals surface area contributed by atoms with E-state index in [9.17, 15) is 0 Å². The van der Waals surface area contributed by atoms with Gasteiger partial charge in [0, 0.05) is 44.6 Å². The predicted molar refractivity (Wildman–Crippen MR) is 78.4 cm³/mol. The topological polar surface area (TPSA) is 44.3 Å². The Kier molecular flexibility index (Phi) is 5.54. The molecule has 0 atom stereocenters. The smallest absolute Gasteiger partial charge is 0.225 e. The van der Waals surface area contributed by atoms with Gasteiger partial charge in [0.1, 0.15) is 0 Å². The Morgan fingerprint density at radius 2 is 1.84 bits per heavy atom. The Balaban J connectivity index is 1.65. The third-order valence-electron chi connectivity index (χ3n) is 3.41. The summed E-state index contributed by atoms with van der Waals surface area (Å²) < 4.78 is 0. The van der Waals surface area contributed by atoms with Crippen molar-refractivity contribution in [3.63, 3.8) is 0 Å². The average molecular weight is 263 g/mol. The highest BCUT2D eigenvalue weighted by Crippen LogP contribution is 2.09. The lowest BCUT2D eigenvalue weighted by molar-refractivity contribution is 0.252. The lowest BCUT2D eigenvalue weighted by Crippen LogP contribution is -2.47. The van der Waals surface area contributed by atoms with Gasteiger partial charge < -0.3 is 10.2 Å². The van der Waals surface area contributed by atoms with Crippen LogP contribution in [0.3, 0.4) is 0 Å². The molecule has 0 aliphatic carbocycles. The highest BCUT2D eigenvalue weighted by atomic mass is 15.3. The van der Waals surface area contributed by atoms with E-state index < -0.39 is 0 Å². The van der Waals surface area contributed by atoms with Crippen molar-refractivity contribution < 1.29 is 0 Å². The molecule has 19 heavy (non-hydrogen) atoms.